The third-order valence-electron chi connectivity index (χ3n) is 3.97. The number of rotatable bonds is 8. The summed E-state index contributed by atoms with van der Waals surface area (Å²) in [5.41, 5.74) is 0.394. The van der Waals surface area contributed by atoms with Crippen molar-refractivity contribution >= 4 is 26.4 Å². The van der Waals surface area contributed by atoms with E-state index in [-0.39, 0.29) is 3.79 Å². The lowest BCUT2D eigenvalue weighted by atomic mass is 10.1. The molecule has 0 aliphatic rings. The van der Waals surface area contributed by atoms with Gasteiger partial charge in [0.05, 0.1) is 5.56 Å². The van der Waals surface area contributed by atoms with Crippen molar-refractivity contribution in [1.29, 1.82) is 0 Å². The number of carbonyl (C=O) groups excluding carboxylic acids is 1. The van der Waals surface area contributed by atoms with E-state index in [4.69, 9.17) is 4.74 Å². The van der Waals surface area contributed by atoms with Crippen LogP contribution in [0.4, 0.5) is 13.2 Å². The van der Waals surface area contributed by atoms with Crippen molar-refractivity contribution in [3.05, 3.63) is 65.2 Å². The molecule has 0 aliphatic carbocycles. The van der Waals surface area contributed by atoms with Gasteiger partial charge in [0.1, 0.15) is 5.75 Å². The fourth-order valence-corrected chi connectivity index (χ4v) is 2.45. The Morgan fingerprint density at radius 3 is 2.07 bits per heavy atom. The van der Waals surface area contributed by atoms with Gasteiger partial charge in [0.15, 0.2) is 5.60 Å². The fourth-order valence-electron chi connectivity index (χ4n) is 2.34. The lowest BCUT2D eigenvalue weighted by Crippen LogP contribution is -2.34. The highest BCUT2D eigenvalue weighted by Crippen LogP contribution is 2.29. The zero-order valence-corrected chi connectivity index (χ0v) is 17.2. The summed E-state index contributed by atoms with van der Waals surface area (Å²) in [6, 6.07) is 12.7. The van der Waals surface area contributed by atoms with Crippen LogP contribution in [0.1, 0.15) is 30.5 Å². The minimum Gasteiger partial charge on any atom is -0.479 e. The van der Waals surface area contributed by atoms with E-state index in [1.54, 1.807) is 36.4 Å². The monoisotopic (exact) mass is 491 g/mol. The molecule has 27 heavy (non-hydrogen) atoms. The fraction of sp³-hybridized carbons (Fsp3) is 0.350. The molecule has 0 saturated heterocycles. The van der Waals surface area contributed by atoms with E-state index in [0.717, 1.165) is 29.7 Å². The quantitative estimate of drug-likeness (QED) is 0.315. The third-order valence-corrected chi connectivity index (χ3v) is 5.27. The summed E-state index contributed by atoms with van der Waals surface area (Å²) in [6.07, 6.45) is -3.53. The van der Waals surface area contributed by atoms with Crippen LogP contribution in [0.25, 0.3) is 0 Å². The first-order valence-corrected chi connectivity index (χ1v) is 9.50. The highest BCUT2D eigenvalue weighted by atomic mass is 127. The molecule has 0 unspecified atom stereocenters. The number of nitrogens with one attached hydrogen (secondary N) is 1. The van der Waals surface area contributed by atoms with Gasteiger partial charge in [0.25, 0.3) is 0 Å². The average molecular weight is 491 g/mol. The molecule has 0 heterocycles. The standard InChI is InChI=1S/C20H21F3INO2/c1-19(2,18(24)26)27-17-9-5-14(6-10-17)11-12-25-13-15-3-7-16(8-4-15)20(21,22)23/h3-10,25H,11-13H2,1-2H3. The summed E-state index contributed by atoms with van der Waals surface area (Å²) < 4.78 is 43.2. The van der Waals surface area contributed by atoms with Crippen LogP contribution in [0.5, 0.6) is 5.75 Å². The molecule has 0 fully saturated rings. The molecule has 0 atom stereocenters. The van der Waals surface area contributed by atoms with Crippen LogP contribution in [0.3, 0.4) is 0 Å². The second-order valence-corrected chi connectivity index (χ2v) is 7.63. The van der Waals surface area contributed by atoms with Crippen molar-refractivity contribution in [3.63, 3.8) is 0 Å². The second-order valence-electron chi connectivity index (χ2n) is 6.65. The van der Waals surface area contributed by atoms with E-state index in [1.165, 1.54) is 12.1 Å². The minimum atomic E-state index is -4.30. The molecule has 1 N–H and O–H groups in total. The van der Waals surface area contributed by atoms with Gasteiger partial charge in [-0.3, -0.25) is 4.79 Å². The predicted molar refractivity (Wildman–Crippen MR) is 107 cm³/mol. The molecule has 0 spiro atoms. The average Bonchev–Trinajstić information content (AvgIpc) is 2.59. The number of ether oxygens (including phenoxy) is 1. The maximum atomic E-state index is 12.5. The summed E-state index contributed by atoms with van der Waals surface area (Å²) in [7, 11) is 0. The van der Waals surface area contributed by atoms with Gasteiger partial charge in [-0.2, -0.15) is 13.2 Å². The topological polar surface area (TPSA) is 38.3 Å². The van der Waals surface area contributed by atoms with Gasteiger partial charge in [-0.1, -0.05) is 24.3 Å². The Kier molecular flexibility index (Phi) is 7.27. The van der Waals surface area contributed by atoms with Crippen molar-refractivity contribution in [1.82, 2.24) is 5.32 Å². The van der Waals surface area contributed by atoms with Crippen LogP contribution < -0.4 is 10.1 Å². The zero-order chi connectivity index (χ0) is 20.1. The summed E-state index contributed by atoms with van der Waals surface area (Å²) in [4.78, 5) is 11.5. The van der Waals surface area contributed by atoms with Gasteiger partial charge in [-0.15, -0.1) is 0 Å². The Bertz CT molecular complexity index is 756. The Hall–Kier alpha value is -1.61. The summed E-state index contributed by atoms with van der Waals surface area (Å²) in [6.45, 7) is 4.64. The number of hydrogen-bond donors (Lipinski definition) is 1. The third kappa shape index (κ3) is 6.80. The second kappa shape index (κ2) is 9.05. The number of alkyl halides is 3. The highest BCUT2D eigenvalue weighted by Gasteiger charge is 2.30. The van der Waals surface area contributed by atoms with E-state index < -0.39 is 17.3 Å². The van der Waals surface area contributed by atoms with E-state index in [2.05, 4.69) is 5.32 Å². The molecule has 0 radical (unpaired) electrons. The minimum absolute atomic E-state index is 0.0726. The van der Waals surface area contributed by atoms with Gasteiger partial charge >= 0.3 is 6.18 Å². The summed E-state index contributed by atoms with van der Waals surface area (Å²) in [5.74, 6) is 0.631. The van der Waals surface area contributed by atoms with E-state index >= 15 is 0 Å². The number of hydrogen-bond acceptors (Lipinski definition) is 3. The Labute approximate surface area is 170 Å². The lowest BCUT2D eigenvalue weighted by molar-refractivity contribution is -0.137. The molecule has 0 bridgehead atoms. The molecule has 2 rings (SSSR count). The molecule has 3 nitrogen and oxygen atoms in total. The van der Waals surface area contributed by atoms with Gasteiger partial charge < -0.3 is 10.1 Å². The van der Waals surface area contributed by atoms with E-state index in [0.29, 0.717) is 18.8 Å². The molecule has 0 saturated carbocycles. The van der Waals surface area contributed by atoms with Gasteiger partial charge in [-0.25, -0.2) is 0 Å². The Morgan fingerprint density at radius 1 is 1.00 bits per heavy atom. The van der Waals surface area contributed by atoms with Crippen molar-refractivity contribution in [2.75, 3.05) is 6.54 Å². The molecule has 0 amide bonds. The molecule has 0 aromatic heterocycles. The molecular weight excluding hydrogens is 470 g/mol. The normalized spacial score (nSPS) is 12.1. The first-order valence-electron chi connectivity index (χ1n) is 8.43. The molecule has 146 valence electrons. The maximum Gasteiger partial charge on any atom is 0.416 e. The SMILES string of the molecule is CC(C)(Oc1ccc(CCNCc2ccc(C(F)(F)F)cc2)cc1)C(=O)I. The van der Waals surface area contributed by atoms with Crippen LogP contribution in [0.2, 0.25) is 0 Å². The smallest absolute Gasteiger partial charge is 0.416 e. The summed E-state index contributed by atoms with van der Waals surface area (Å²) >= 11 is 1.72. The number of benzene rings is 2. The first kappa shape index (κ1) is 21.7. The van der Waals surface area contributed by atoms with Crippen LogP contribution in [-0.2, 0) is 23.9 Å². The molecular formula is C20H21F3INO2. The predicted octanol–water partition coefficient (Wildman–Crippen LogP) is 5.16. The first-order chi connectivity index (χ1) is 12.6. The van der Waals surface area contributed by atoms with Gasteiger partial charge in [0.2, 0.25) is 3.79 Å². The van der Waals surface area contributed by atoms with Crippen molar-refractivity contribution in [2.24, 2.45) is 0 Å². The van der Waals surface area contributed by atoms with Crippen molar-refractivity contribution < 1.29 is 22.7 Å². The Morgan fingerprint density at radius 2 is 1.56 bits per heavy atom. The van der Waals surface area contributed by atoms with Crippen molar-refractivity contribution in [2.45, 2.75) is 38.6 Å². The summed E-state index contributed by atoms with van der Waals surface area (Å²) in [5, 5.41) is 3.22. The van der Waals surface area contributed by atoms with Crippen LogP contribution in [-0.4, -0.2) is 15.9 Å². The van der Waals surface area contributed by atoms with E-state index in [1.807, 2.05) is 24.3 Å². The maximum absolute atomic E-state index is 12.5. The molecule has 2 aromatic carbocycles. The van der Waals surface area contributed by atoms with Crippen LogP contribution in [0, 0.1) is 0 Å². The highest BCUT2D eigenvalue weighted by molar-refractivity contribution is 14.1. The number of halogens is 4. The van der Waals surface area contributed by atoms with Crippen LogP contribution in [0.15, 0.2) is 48.5 Å². The Balaban J connectivity index is 1.78. The van der Waals surface area contributed by atoms with Crippen LogP contribution >= 0.6 is 22.6 Å². The molecule has 7 heteroatoms. The van der Waals surface area contributed by atoms with Gasteiger partial charge in [-0.05, 0) is 62.2 Å². The van der Waals surface area contributed by atoms with E-state index in [9.17, 15) is 18.0 Å². The zero-order valence-electron chi connectivity index (χ0n) is 15.1. The lowest BCUT2D eigenvalue weighted by Gasteiger charge is -2.22. The molecule has 0 aliphatic heterocycles. The number of carbonyl (C=O) groups is 1. The van der Waals surface area contributed by atoms with Gasteiger partial charge in [0, 0.05) is 29.1 Å². The largest absolute Gasteiger partial charge is 0.479 e. The molecule has 2 aromatic rings. The van der Waals surface area contributed by atoms with Crippen molar-refractivity contribution in [3.8, 4) is 5.75 Å².